The van der Waals surface area contributed by atoms with E-state index in [1.165, 1.54) is 24.5 Å². The molecule has 0 spiro atoms. The number of benzene rings is 1. The van der Waals surface area contributed by atoms with Crippen LogP contribution < -0.4 is 4.74 Å². The lowest BCUT2D eigenvalue weighted by atomic mass is 9.91. The predicted octanol–water partition coefficient (Wildman–Crippen LogP) is 3.46. The second-order valence-corrected chi connectivity index (χ2v) is 6.04. The predicted molar refractivity (Wildman–Crippen MR) is 77.4 cm³/mol. The number of halogens is 1. The fourth-order valence-corrected chi connectivity index (χ4v) is 3.76. The van der Waals surface area contributed by atoms with Crippen LogP contribution in [0.15, 0.2) is 18.2 Å². The molecule has 2 aromatic rings. The first-order chi connectivity index (χ1) is 10.1. The van der Waals surface area contributed by atoms with E-state index >= 15 is 0 Å². The second kappa shape index (κ2) is 5.44. The van der Waals surface area contributed by atoms with Crippen LogP contribution in [0.25, 0.3) is 10.6 Å². The molecule has 21 heavy (non-hydrogen) atoms. The summed E-state index contributed by atoms with van der Waals surface area (Å²) in [7, 11) is 1.48. The van der Waals surface area contributed by atoms with E-state index in [4.69, 9.17) is 4.74 Å². The van der Waals surface area contributed by atoms with Gasteiger partial charge in [0.2, 0.25) is 0 Å². The molecule has 110 valence electrons. The quantitative estimate of drug-likeness (QED) is 0.943. The van der Waals surface area contributed by atoms with Gasteiger partial charge < -0.3 is 9.84 Å². The Morgan fingerprint density at radius 1 is 1.52 bits per heavy atom. The van der Waals surface area contributed by atoms with Crippen molar-refractivity contribution in [2.45, 2.75) is 25.2 Å². The molecule has 0 fully saturated rings. The molecule has 0 aliphatic heterocycles. The van der Waals surface area contributed by atoms with Gasteiger partial charge in [-0.1, -0.05) is 0 Å². The molecule has 0 saturated carbocycles. The zero-order valence-electron chi connectivity index (χ0n) is 11.4. The number of fused-ring (bicyclic) bond motifs is 1. The number of aryl methyl sites for hydroxylation is 1. The summed E-state index contributed by atoms with van der Waals surface area (Å²) < 4.78 is 19.1. The minimum Gasteiger partial charge on any atom is -0.497 e. The summed E-state index contributed by atoms with van der Waals surface area (Å²) in [5, 5.41) is 9.80. The van der Waals surface area contributed by atoms with Crippen molar-refractivity contribution in [2.24, 2.45) is 0 Å². The third kappa shape index (κ3) is 2.51. The Bertz CT molecular complexity index is 698. The van der Waals surface area contributed by atoms with Gasteiger partial charge in [0, 0.05) is 16.5 Å². The summed E-state index contributed by atoms with van der Waals surface area (Å²) in [5.74, 6) is -1.39. The van der Waals surface area contributed by atoms with Crippen molar-refractivity contribution < 1.29 is 19.0 Å². The minimum absolute atomic E-state index is 0.388. The SMILES string of the molecule is COc1ccc(-c2nc3c(s2)CCCC3C(=O)O)c(F)c1. The van der Waals surface area contributed by atoms with Crippen molar-refractivity contribution in [1.29, 1.82) is 0 Å². The first-order valence-electron chi connectivity index (χ1n) is 6.66. The van der Waals surface area contributed by atoms with Crippen molar-refractivity contribution in [2.75, 3.05) is 7.11 Å². The van der Waals surface area contributed by atoms with Gasteiger partial charge in [-0.25, -0.2) is 9.37 Å². The number of carboxylic acid groups (broad SMARTS) is 1. The normalized spacial score (nSPS) is 17.3. The van der Waals surface area contributed by atoms with Gasteiger partial charge in [0.25, 0.3) is 0 Å². The molecule has 0 amide bonds. The fraction of sp³-hybridized carbons (Fsp3) is 0.333. The number of methoxy groups -OCH3 is 1. The molecule has 1 unspecified atom stereocenters. The summed E-state index contributed by atoms with van der Waals surface area (Å²) in [6.07, 6.45) is 2.24. The number of carboxylic acids is 1. The van der Waals surface area contributed by atoms with Gasteiger partial charge in [-0.2, -0.15) is 0 Å². The maximum atomic E-state index is 14.1. The Hall–Kier alpha value is -1.95. The molecule has 1 aliphatic rings. The first kappa shape index (κ1) is 14.0. The van der Waals surface area contributed by atoms with E-state index in [2.05, 4.69) is 4.98 Å². The minimum atomic E-state index is -0.858. The van der Waals surface area contributed by atoms with Crippen LogP contribution in [0.3, 0.4) is 0 Å². The molecule has 1 atom stereocenters. The van der Waals surface area contributed by atoms with E-state index in [1.54, 1.807) is 12.1 Å². The van der Waals surface area contributed by atoms with E-state index in [-0.39, 0.29) is 0 Å². The summed E-state index contributed by atoms with van der Waals surface area (Å²) >= 11 is 1.38. The Balaban J connectivity index is 2.03. The number of carbonyl (C=O) groups is 1. The topological polar surface area (TPSA) is 59.4 Å². The second-order valence-electron chi connectivity index (χ2n) is 4.96. The van der Waals surface area contributed by atoms with Gasteiger partial charge in [-0.05, 0) is 31.4 Å². The molecule has 1 aromatic carbocycles. The molecular formula is C15H14FNO3S. The Morgan fingerprint density at radius 2 is 2.33 bits per heavy atom. The van der Waals surface area contributed by atoms with Crippen LogP contribution in [0.2, 0.25) is 0 Å². The number of hydrogen-bond acceptors (Lipinski definition) is 4. The van der Waals surface area contributed by atoms with E-state index < -0.39 is 17.7 Å². The number of nitrogens with zero attached hydrogens (tertiary/aromatic N) is 1. The van der Waals surface area contributed by atoms with E-state index in [0.717, 1.165) is 17.7 Å². The van der Waals surface area contributed by atoms with Gasteiger partial charge in [0.05, 0.1) is 18.7 Å². The van der Waals surface area contributed by atoms with Gasteiger partial charge in [0.15, 0.2) is 0 Å². The molecule has 4 nitrogen and oxygen atoms in total. The van der Waals surface area contributed by atoms with Crippen molar-refractivity contribution in [3.63, 3.8) is 0 Å². The summed E-state index contributed by atoms with van der Waals surface area (Å²) in [6, 6.07) is 4.60. The van der Waals surface area contributed by atoms with Crippen molar-refractivity contribution >= 4 is 17.3 Å². The van der Waals surface area contributed by atoms with Crippen LogP contribution in [0.1, 0.15) is 29.3 Å². The van der Waals surface area contributed by atoms with Gasteiger partial charge in [-0.3, -0.25) is 4.79 Å². The lowest BCUT2D eigenvalue weighted by molar-refractivity contribution is -0.139. The third-order valence-electron chi connectivity index (χ3n) is 3.66. The fourth-order valence-electron chi connectivity index (χ4n) is 2.57. The van der Waals surface area contributed by atoms with Crippen molar-refractivity contribution in [3.8, 4) is 16.3 Å². The average molecular weight is 307 g/mol. The van der Waals surface area contributed by atoms with E-state index in [1.807, 2.05) is 0 Å². The van der Waals surface area contributed by atoms with Crippen LogP contribution in [0, 0.1) is 5.82 Å². The highest BCUT2D eigenvalue weighted by molar-refractivity contribution is 7.15. The monoisotopic (exact) mass is 307 g/mol. The highest BCUT2D eigenvalue weighted by Crippen LogP contribution is 2.39. The van der Waals surface area contributed by atoms with Crippen LogP contribution in [0.4, 0.5) is 4.39 Å². The summed E-state index contributed by atoms with van der Waals surface area (Å²) in [4.78, 5) is 16.6. The number of hydrogen-bond donors (Lipinski definition) is 1. The molecule has 6 heteroatoms. The zero-order chi connectivity index (χ0) is 15.0. The number of rotatable bonds is 3. The molecule has 3 rings (SSSR count). The van der Waals surface area contributed by atoms with Crippen LogP contribution in [-0.4, -0.2) is 23.2 Å². The van der Waals surface area contributed by atoms with Gasteiger partial charge in [-0.15, -0.1) is 11.3 Å². The Morgan fingerprint density at radius 3 is 3.00 bits per heavy atom. The van der Waals surface area contributed by atoms with Crippen LogP contribution in [-0.2, 0) is 11.2 Å². The first-order valence-corrected chi connectivity index (χ1v) is 7.48. The van der Waals surface area contributed by atoms with E-state index in [9.17, 15) is 14.3 Å². The van der Waals surface area contributed by atoms with E-state index in [0.29, 0.717) is 28.4 Å². The Kier molecular flexibility index (Phi) is 3.63. The van der Waals surface area contributed by atoms with Gasteiger partial charge >= 0.3 is 5.97 Å². The highest BCUT2D eigenvalue weighted by Gasteiger charge is 2.30. The lowest BCUT2D eigenvalue weighted by Gasteiger charge is -2.16. The summed E-state index contributed by atoms with van der Waals surface area (Å²) in [6.45, 7) is 0. The summed E-state index contributed by atoms with van der Waals surface area (Å²) in [5.41, 5.74) is 0.989. The van der Waals surface area contributed by atoms with Crippen molar-refractivity contribution in [1.82, 2.24) is 4.98 Å². The zero-order valence-corrected chi connectivity index (χ0v) is 12.2. The molecule has 1 aliphatic carbocycles. The smallest absolute Gasteiger partial charge is 0.312 e. The van der Waals surface area contributed by atoms with Crippen LogP contribution in [0.5, 0.6) is 5.75 Å². The standard InChI is InChI=1S/C15H14FNO3S/c1-20-8-5-6-9(11(16)7-8)14-17-13-10(15(18)19)3-2-4-12(13)21-14/h5-7,10H,2-4H2,1H3,(H,18,19). The highest BCUT2D eigenvalue weighted by atomic mass is 32.1. The van der Waals surface area contributed by atoms with Gasteiger partial charge in [0.1, 0.15) is 16.6 Å². The number of aromatic nitrogens is 1. The average Bonchev–Trinajstić information content (AvgIpc) is 2.90. The lowest BCUT2D eigenvalue weighted by Crippen LogP contribution is -2.17. The molecule has 1 N–H and O–H groups in total. The number of ether oxygens (including phenoxy) is 1. The molecule has 1 aromatic heterocycles. The molecular weight excluding hydrogens is 293 g/mol. The van der Waals surface area contributed by atoms with Crippen molar-refractivity contribution in [3.05, 3.63) is 34.6 Å². The molecule has 0 radical (unpaired) electrons. The Labute approximate surface area is 125 Å². The molecule has 0 saturated heterocycles. The largest absolute Gasteiger partial charge is 0.497 e. The number of thiazole rings is 1. The maximum Gasteiger partial charge on any atom is 0.312 e. The molecule has 0 bridgehead atoms. The third-order valence-corrected chi connectivity index (χ3v) is 4.82. The number of aliphatic carboxylic acids is 1. The van der Waals surface area contributed by atoms with Crippen LogP contribution >= 0.6 is 11.3 Å². The maximum absolute atomic E-state index is 14.1. The molecule has 1 heterocycles.